The molecule has 1 aromatic heterocycles. The van der Waals surface area contributed by atoms with Gasteiger partial charge in [-0.25, -0.2) is 9.07 Å². The maximum atomic E-state index is 14.5. The van der Waals surface area contributed by atoms with Crippen molar-refractivity contribution in [1.82, 2.24) is 14.7 Å². The van der Waals surface area contributed by atoms with E-state index in [-0.39, 0.29) is 18.5 Å². The molecule has 7 nitrogen and oxygen atoms in total. The van der Waals surface area contributed by atoms with E-state index in [0.717, 1.165) is 36.3 Å². The second-order valence-corrected chi connectivity index (χ2v) is 8.96. The fourth-order valence-electron chi connectivity index (χ4n) is 4.42. The number of para-hydroxylation sites is 1. The van der Waals surface area contributed by atoms with Gasteiger partial charge in [0, 0.05) is 38.9 Å². The van der Waals surface area contributed by atoms with Crippen molar-refractivity contribution in [2.75, 3.05) is 32.9 Å². The second kappa shape index (κ2) is 12.8. The van der Waals surface area contributed by atoms with Crippen LogP contribution in [0.2, 0.25) is 0 Å². The minimum Gasteiger partial charge on any atom is -0.436 e. The molecular formula is C28H34FN3O4. The summed E-state index contributed by atoms with van der Waals surface area (Å²) in [6, 6.07) is 16.2. The molecule has 0 aliphatic carbocycles. The van der Waals surface area contributed by atoms with Gasteiger partial charge in [0.2, 0.25) is 5.88 Å². The van der Waals surface area contributed by atoms with Crippen LogP contribution in [0.5, 0.6) is 11.6 Å². The van der Waals surface area contributed by atoms with Crippen LogP contribution < -0.4 is 4.74 Å². The Bertz CT molecular complexity index is 1120. The van der Waals surface area contributed by atoms with Crippen LogP contribution in [0.3, 0.4) is 0 Å². The van der Waals surface area contributed by atoms with Crippen molar-refractivity contribution in [2.45, 2.75) is 31.6 Å². The van der Waals surface area contributed by atoms with Crippen LogP contribution in [-0.2, 0) is 23.1 Å². The molecule has 2 atom stereocenters. The zero-order chi connectivity index (χ0) is 25.3. The molecule has 1 N–H and O–H groups in total. The summed E-state index contributed by atoms with van der Waals surface area (Å²) in [5.74, 6) is 0.135. The molecule has 8 heteroatoms. The van der Waals surface area contributed by atoms with Gasteiger partial charge >= 0.3 is 0 Å². The third kappa shape index (κ3) is 6.79. The Morgan fingerprint density at radius 2 is 2.03 bits per heavy atom. The summed E-state index contributed by atoms with van der Waals surface area (Å²) in [7, 11) is 1.79. The van der Waals surface area contributed by atoms with Gasteiger partial charge in [0.15, 0.2) is 11.6 Å². The van der Waals surface area contributed by atoms with Crippen LogP contribution in [0.1, 0.15) is 18.4 Å². The van der Waals surface area contributed by atoms with Gasteiger partial charge in [-0.05, 0) is 25.0 Å². The van der Waals surface area contributed by atoms with Crippen molar-refractivity contribution >= 4 is 0 Å². The summed E-state index contributed by atoms with van der Waals surface area (Å²) in [5, 5.41) is 15.4. The Morgan fingerprint density at radius 1 is 1.25 bits per heavy atom. The standard InChI is InChI=1S/C28H34FN3O4/c1-3-15-34-20-22(33)17-32(18-23-12-9-16-35-23)19-24-27(21-10-5-4-6-11-21)30-31(2)28(24)36-26-14-8-7-13-25(26)29/h3-8,10-11,13-14,22-23,33H,1,9,12,15-20H2,2H3/t22-,23+/m1/s1. The molecule has 2 heterocycles. The van der Waals surface area contributed by atoms with E-state index in [1.54, 1.807) is 36.0 Å². The quantitative estimate of drug-likeness (QED) is 0.277. The Labute approximate surface area is 211 Å². The molecule has 0 spiro atoms. The van der Waals surface area contributed by atoms with Gasteiger partial charge in [-0.3, -0.25) is 4.90 Å². The zero-order valence-electron chi connectivity index (χ0n) is 20.7. The van der Waals surface area contributed by atoms with E-state index < -0.39 is 11.9 Å². The van der Waals surface area contributed by atoms with Crippen molar-refractivity contribution in [2.24, 2.45) is 7.05 Å². The molecule has 0 unspecified atom stereocenters. The molecule has 192 valence electrons. The highest BCUT2D eigenvalue weighted by atomic mass is 19.1. The molecule has 0 radical (unpaired) electrons. The lowest BCUT2D eigenvalue weighted by Gasteiger charge is -2.27. The van der Waals surface area contributed by atoms with Crippen LogP contribution in [0.15, 0.2) is 67.3 Å². The third-order valence-corrected chi connectivity index (χ3v) is 6.06. The highest BCUT2D eigenvalue weighted by Gasteiger charge is 2.26. The maximum absolute atomic E-state index is 14.5. The minimum absolute atomic E-state index is 0.0825. The van der Waals surface area contributed by atoms with E-state index in [4.69, 9.17) is 19.3 Å². The second-order valence-electron chi connectivity index (χ2n) is 8.96. The minimum atomic E-state index is -0.695. The van der Waals surface area contributed by atoms with Crippen LogP contribution in [0.25, 0.3) is 11.3 Å². The summed E-state index contributed by atoms with van der Waals surface area (Å²) in [5.41, 5.74) is 2.49. The zero-order valence-corrected chi connectivity index (χ0v) is 20.7. The lowest BCUT2D eigenvalue weighted by Crippen LogP contribution is -2.39. The number of aliphatic hydroxyl groups is 1. The Balaban J connectivity index is 1.66. The number of hydrogen-bond acceptors (Lipinski definition) is 6. The van der Waals surface area contributed by atoms with Crippen LogP contribution in [0, 0.1) is 5.82 Å². The molecule has 0 amide bonds. The van der Waals surface area contributed by atoms with E-state index in [0.29, 0.717) is 32.1 Å². The number of aliphatic hydroxyl groups excluding tert-OH is 1. The van der Waals surface area contributed by atoms with Gasteiger partial charge in [-0.15, -0.1) is 6.58 Å². The predicted octanol–water partition coefficient (Wildman–Crippen LogP) is 4.56. The highest BCUT2D eigenvalue weighted by molar-refractivity contribution is 5.65. The Kier molecular flexibility index (Phi) is 9.24. The van der Waals surface area contributed by atoms with Gasteiger partial charge in [0.1, 0.15) is 5.69 Å². The van der Waals surface area contributed by atoms with E-state index in [2.05, 4.69) is 11.5 Å². The van der Waals surface area contributed by atoms with Gasteiger partial charge in [0.25, 0.3) is 0 Å². The van der Waals surface area contributed by atoms with Gasteiger partial charge in [-0.1, -0.05) is 48.5 Å². The van der Waals surface area contributed by atoms with E-state index >= 15 is 0 Å². The maximum Gasteiger partial charge on any atom is 0.222 e. The van der Waals surface area contributed by atoms with Crippen molar-refractivity contribution < 1.29 is 23.7 Å². The molecule has 2 aromatic carbocycles. The number of nitrogens with zero attached hydrogens (tertiary/aromatic N) is 3. The molecule has 1 aliphatic heterocycles. The fraction of sp³-hybridized carbons (Fsp3) is 0.393. The molecule has 36 heavy (non-hydrogen) atoms. The van der Waals surface area contributed by atoms with E-state index in [1.807, 2.05) is 30.3 Å². The largest absolute Gasteiger partial charge is 0.436 e. The van der Waals surface area contributed by atoms with Gasteiger partial charge < -0.3 is 19.3 Å². The summed E-state index contributed by atoms with van der Waals surface area (Å²) in [6.45, 7) is 6.42. The topological polar surface area (TPSA) is 69.0 Å². The number of rotatable bonds is 13. The number of aromatic nitrogens is 2. The summed E-state index contributed by atoms with van der Waals surface area (Å²) < 4.78 is 33.6. The molecule has 1 fully saturated rings. The molecule has 4 rings (SSSR count). The molecule has 1 aliphatic rings. The lowest BCUT2D eigenvalue weighted by molar-refractivity contribution is 0.00844. The van der Waals surface area contributed by atoms with E-state index in [9.17, 15) is 9.50 Å². The number of hydrogen-bond donors (Lipinski definition) is 1. The lowest BCUT2D eigenvalue weighted by atomic mass is 10.1. The SMILES string of the molecule is C=CCOC[C@H](O)CN(Cc1c(-c2ccccc2)nn(C)c1Oc1ccccc1F)C[C@@H]1CCCO1. The van der Waals surface area contributed by atoms with Gasteiger partial charge in [-0.2, -0.15) is 5.10 Å². The number of aryl methyl sites for hydroxylation is 1. The summed E-state index contributed by atoms with van der Waals surface area (Å²) in [6.07, 6.45) is 3.04. The molecule has 3 aromatic rings. The van der Waals surface area contributed by atoms with Crippen LogP contribution in [0.4, 0.5) is 4.39 Å². The van der Waals surface area contributed by atoms with Crippen molar-refractivity contribution in [3.05, 3.63) is 78.6 Å². The molecule has 0 saturated carbocycles. The normalized spacial score (nSPS) is 16.4. The first-order valence-corrected chi connectivity index (χ1v) is 12.3. The first-order chi connectivity index (χ1) is 17.5. The van der Waals surface area contributed by atoms with Crippen LogP contribution in [-0.4, -0.2) is 64.9 Å². The number of benzene rings is 2. The molecule has 1 saturated heterocycles. The highest BCUT2D eigenvalue weighted by Crippen LogP contribution is 2.35. The molecule has 0 bridgehead atoms. The monoisotopic (exact) mass is 495 g/mol. The Hall–Kier alpha value is -3.04. The average molecular weight is 496 g/mol. The number of halogens is 1. The number of ether oxygens (including phenoxy) is 3. The summed E-state index contributed by atoms with van der Waals surface area (Å²) in [4.78, 5) is 2.13. The van der Waals surface area contributed by atoms with Crippen molar-refractivity contribution in [3.8, 4) is 22.9 Å². The fourth-order valence-corrected chi connectivity index (χ4v) is 4.42. The summed E-state index contributed by atoms with van der Waals surface area (Å²) >= 11 is 0. The first kappa shape index (κ1) is 26.0. The van der Waals surface area contributed by atoms with E-state index in [1.165, 1.54) is 6.07 Å². The molecular weight excluding hydrogens is 461 g/mol. The van der Waals surface area contributed by atoms with Crippen LogP contribution >= 0.6 is 0 Å². The first-order valence-electron chi connectivity index (χ1n) is 12.3. The Morgan fingerprint density at radius 3 is 2.75 bits per heavy atom. The van der Waals surface area contributed by atoms with Crippen molar-refractivity contribution in [3.63, 3.8) is 0 Å². The van der Waals surface area contributed by atoms with Crippen molar-refractivity contribution in [1.29, 1.82) is 0 Å². The third-order valence-electron chi connectivity index (χ3n) is 6.06. The smallest absolute Gasteiger partial charge is 0.222 e. The average Bonchev–Trinajstić information content (AvgIpc) is 3.49. The predicted molar refractivity (Wildman–Crippen MR) is 136 cm³/mol. The van der Waals surface area contributed by atoms with Gasteiger partial charge in [0.05, 0.1) is 31.0 Å².